The standard InChI is InChI=1S/C64H115NO18/c1-3-5-7-9-11-13-15-17-19-21-22-23-24-26-28-30-32-34-36-38-40-42-52(70)65-47(48(69)41-39-37-35-33-31-29-27-25-20-18-16-14-12-10-8-6-4-2)46-78-62-58(76)55(73)60(50(44-67)80-62)83-64-59(77)56(74)61(51(45-68)81-64)82-63-57(75)54(72)53(71)49(43-66)79-63/h15,17,21-22,31,33,39,41,47-51,53-64,66-69,71-77H,3-14,16,18-20,23-30,32,34-38,40,42-46H2,1-2H3,(H,65,70)/b17-15-,22-21-,33-31+,41-39+. The Labute approximate surface area is 497 Å². The Hall–Kier alpha value is -2.25. The molecule has 0 aliphatic carbocycles. The van der Waals surface area contributed by atoms with Crippen molar-refractivity contribution in [1.82, 2.24) is 5.32 Å². The predicted octanol–water partition coefficient (Wildman–Crippen LogP) is 7.04. The number of rotatable bonds is 48. The van der Waals surface area contributed by atoms with Gasteiger partial charge in [0.25, 0.3) is 0 Å². The number of carbonyl (C=O) groups excluding carboxylic acids is 1. The molecule has 19 heteroatoms. The summed E-state index contributed by atoms with van der Waals surface area (Å²) in [5, 5.41) is 120. The lowest BCUT2D eigenvalue weighted by molar-refractivity contribution is -0.379. The van der Waals surface area contributed by atoms with Gasteiger partial charge >= 0.3 is 0 Å². The molecule has 19 nitrogen and oxygen atoms in total. The van der Waals surface area contributed by atoms with Crippen molar-refractivity contribution in [3.63, 3.8) is 0 Å². The minimum absolute atomic E-state index is 0.230. The molecular formula is C64H115NO18. The van der Waals surface area contributed by atoms with E-state index in [1.807, 2.05) is 6.08 Å². The first kappa shape index (κ1) is 75.0. The van der Waals surface area contributed by atoms with Crippen molar-refractivity contribution in [3.8, 4) is 0 Å². The first-order valence-electron chi connectivity index (χ1n) is 32.4. The molecule has 0 saturated carbocycles. The van der Waals surface area contributed by atoms with Crippen LogP contribution in [-0.2, 0) is 33.2 Å². The average Bonchev–Trinajstić information content (AvgIpc) is 3.34. The van der Waals surface area contributed by atoms with Crippen LogP contribution in [0.4, 0.5) is 0 Å². The van der Waals surface area contributed by atoms with E-state index in [1.54, 1.807) is 6.08 Å². The van der Waals surface area contributed by atoms with Gasteiger partial charge in [0.05, 0.1) is 38.6 Å². The lowest BCUT2D eigenvalue weighted by atomic mass is 9.96. The molecule has 83 heavy (non-hydrogen) atoms. The maximum atomic E-state index is 13.4. The van der Waals surface area contributed by atoms with Gasteiger partial charge in [-0.15, -0.1) is 0 Å². The summed E-state index contributed by atoms with van der Waals surface area (Å²) < 4.78 is 34.3. The van der Waals surface area contributed by atoms with Gasteiger partial charge in [0.2, 0.25) is 5.91 Å². The van der Waals surface area contributed by atoms with E-state index in [2.05, 4.69) is 55.6 Å². The molecule has 17 atom stereocenters. The fourth-order valence-electron chi connectivity index (χ4n) is 10.8. The van der Waals surface area contributed by atoms with E-state index in [4.69, 9.17) is 28.4 Å². The van der Waals surface area contributed by atoms with Gasteiger partial charge in [-0.1, -0.05) is 197 Å². The first-order chi connectivity index (χ1) is 40.3. The number of carbonyl (C=O) groups is 1. The summed E-state index contributed by atoms with van der Waals surface area (Å²) in [6.45, 7) is 1.69. The fourth-order valence-corrected chi connectivity index (χ4v) is 10.8. The largest absolute Gasteiger partial charge is 0.394 e. The topological polar surface area (TPSA) is 307 Å². The van der Waals surface area contributed by atoms with Crippen molar-refractivity contribution in [2.75, 3.05) is 26.4 Å². The van der Waals surface area contributed by atoms with Gasteiger partial charge in [0.1, 0.15) is 73.2 Å². The number of aliphatic hydroxyl groups is 11. The molecule has 3 saturated heterocycles. The van der Waals surface area contributed by atoms with Crippen LogP contribution in [0, 0.1) is 0 Å². The van der Waals surface area contributed by atoms with Crippen molar-refractivity contribution >= 4 is 5.91 Å². The lowest BCUT2D eigenvalue weighted by Crippen LogP contribution is -2.66. The molecule has 3 aliphatic heterocycles. The van der Waals surface area contributed by atoms with Crippen LogP contribution in [0.25, 0.3) is 0 Å². The number of allylic oxidation sites excluding steroid dienone is 7. The summed E-state index contributed by atoms with van der Waals surface area (Å²) >= 11 is 0. The van der Waals surface area contributed by atoms with E-state index in [0.717, 1.165) is 57.8 Å². The molecule has 0 radical (unpaired) electrons. The molecule has 484 valence electrons. The Kier molecular flexibility index (Phi) is 42.3. The van der Waals surface area contributed by atoms with Gasteiger partial charge in [-0.05, 0) is 64.2 Å². The monoisotopic (exact) mass is 1190 g/mol. The van der Waals surface area contributed by atoms with Gasteiger partial charge in [0, 0.05) is 6.42 Å². The third-order valence-corrected chi connectivity index (χ3v) is 16.1. The first-order valence-corrected chi connectivity index (χ1v) is 32.4. The van der Waals surface area contributed by atoms with Crippen LogP contribution in [-0.4, -0.2) is 193 Å². The minimum atomic E-state index is -1.98. The van der Waals surface area contributed by atoms with Gasteiger partial charge < -0.3 is 89.9 Å². The van der Waals surface area contributed by atoms with Gasteiger partial charge in [-0.2, -0.15) is 0 Å². The van der Waals surface area contributed by atoms with Crippen LogP contribution >= 0.6 is 0 Å². The third kappa shape index (κ3) is 30.0. The Morgan fingerprint density at radius 1 is 0.434 bits per heavy atom. The quantitative estimate of drug-likeness (QED) is 0.0215. The van der Waals surface area contributed by atoms with Crippen LogP contribution < -0.4 is 5.32 Å². The Morgan fingerprint density at radius 2 is 0.807 bits per heavy atom. The van der Waals surface area contributed by atoms with Crippen molar-refractivity contribution in [3.05, 3.63) is 48.6 Å². The number of unbranched alkanes of at least 4 members (excludes halogenated alkanes) is 26. The molecule has 0 aromatic carbocycles. The van der Waals surface area contributed by atoms with Gasteiger partial charge in [-0.3, -0.25) is 4.79 Å². The highest BCUT2D eigenvalue weighted by atomic mass is 16.8. The third-order valence-electron chi connectivity index (χ3n) is 16.1. The van der Waals surface area contributed by atoms with Crippen LogP contribution in [0.3, 0.4) is 0 Å². The highest BCUT2D eigenvalue weighted by Crippen LogP contribution is 2.33. The Balaban J connectivity index is 1.49. The van der Waals surface area contributed by atoms with Crippen LogP contribution in [0.2, 0.25) is 0 Å². The molecule has 0 aromatic heterocycles. The second kappa shape index (κ2) is 46.8. The van der Waals surface area contributed by atoms with Crippen molar-refractivity contribution in [2.24, 2.45) is 0 Å². The molecule has 0 bridgehead atoms. The SMILES string of the molecule is CCCCCCC/C=C\C/C=C\CCCCCCCCCCCC(=O)NC(COC1OC(CO)C(OC2OC(CO)C(OC3OC(CO)C(O)C(O)C3O)C(O)C2O)C(O)C1O)C(O)/C=C/CC/C=C/CCCCCCCCCCCCC. The maximum absolute atomic E-state index is 13.4. The van der Waals surface area contributed by atoms with Gasteiger partial charge in [-0.25, -0.2) is 0 Å². The molecule has 3 aliphatic rings. The van der Waals surface area contributed by atoms with Gasteiger partial charge in [0.15, 0.2) is 18.9 Å². The molecule has 3 fully saturated rings. The highest BCUT2D eigenvalue weighted by molar-refractivity contribution is 5.76. The number of nitrogens with one attached hydrogen (secondary N) is 1. The molecule has 3 rings (SSSR count). The smallest absolute Gasteiger partial charge is 0.220 e. The van der Waals surface area contributed by atoms with Crippen molar-refractivity contribution < 1.29 is 89.4 Å². The summed E-state index contributed by atoms with van der Waals surface area (Å²) in [6.07, 6.45) is 26.5. The molecule has 1 amide bonds. The molecule has 0 aromatic rings. The van der Waals surface area contributed by atoms with Crippen molar-refractivity contribution in [1.29, 1.82) is 0 Å². The fraction of sp³-hybridized carbons (Fsp3) is 0.859. The molecular weight excluding hydrogens is 1070 g/mol. The van der Waals surface area contributed by atoms with E-state index < -0.39 is 124 Å². The zero-order valence-electron chi connectivity index (χ0n) is 50.7. The summed E-state index contributed by atoms with van der Waals surface area (Å²) in [5.41, 5.74) is 0. The van der Waals surface area contributed by atoms with Crippen LogP contribution in [0.5, 0.6) is 0 Å². The van der Waals surface area contributed by atoms with Crippen molar-refractivity contribution in [2.45, 2.75) is 324 Å². The number of aliphatic hydroxyl groups excluding tert-OH is 11. The second-order valence-corrected chi connectivity index (χ2v) is 23.2. The van der Waals surface area contributed by atoms with E-state index >= 15 is 0 Å². The lowest BCUT2D eigenvalue weighted by Gasteiger charge is -2.48. The minimum Gasteiger partial charge on any atom is -0.394 e. The van der Waals surface area contributed by atoms with Crippen LogP contribution in [0.1, 0.15) is 219 Å². The summed E-state index contributed by atoms with van der Waals surface area (Å²) in [4.78, 5) is 13.4. The Bertz CT molecular complexity index is 1700. The molecule has 0 spiro atoms. The molecule has 12 N–H and O–H groups in total. The van der Waals surface area contributed by atoms with E-state index in [1.165, 1.54) is 128 Å². The van der Waals surface area contributed by atoms with Crippen LogP contribution in [0.15, 0.2) is 48.6 Å². The Morgan fingerprint density at radius 3 is 1.28 bits per heavy atom. The van der Waals surface area contributed by atoms with E-state index in [9.17, 15) is 61.0 Å². The number of hydrogen-bond acceptors (Lipinski definition) is 18. The normalized spacial score (nSPS) is 29.7. The number of ether oxygens (including phenoxy) is 6. The predicted molar refractivity (Wildman–Crippen MR) is 319 cm³/mol. The number of hydrogen-bond donors (Lipinski definition) is 12. The zero-order valence-corrected chi connectivity index (χ0v) is 50.7. The highest BCUT2D eigenvalue weighted by Gasteiger charge is 2.53. The molecule has 17 unspecified atom stereocenters. The average molecular weight is 1190 g/mol. The second-order valence-electron chi connectivity index (χ2n) is 23.2. The summed E-state index contributed by atoms with van der Waals surface area (Å²) in [6, 6.07) is -0.993. The summed E-state index contributed by atoms with van der Waals surface area (Å²) in [7, 11) is 0. The number of amides is 1. The van der Waals surface area contributed by atoms with E-state index in [0.29, 0.717) is 12.8 Å². The zero-order chi connectivity index (χ0) is 60.5. The van der Waals surface area contributed by atoms with E-state index in [-0.39, 0.29) is 18.9 Å². The molecule has 3 heterocycles. The maximum Gasteiger partial charge on any atom is 0.220 e. The summed E-state index contributed by atoms with van der Waals surface area (Å²) in [5.74, 6) is -0.290.